The maximum atomic E-state index is 13.9. The van der Waals surface area contributed by atoms with Gasteiger partial charge in [0.2, 0.25) is 0 Å². The zero-order valence-electron chi connectivity index (χ0n) is 20.3. The van der Waals surface area contributed by atoms with Crippen LogP contribution in [0.1, 0.15) is 24.3 Å². The van der Waals surface area contributed by atoms with E-state index in [-0.39, 0.29) is 11.9 Å². The monoisotopic (exact) mass is 489 g/mol. The lowest BCUT2D eigenvalue weighted by Gasteiger charge is -2.34. The predicted molar refractivity (Wildman–Crippen MR) is 142 cm³/mol. The number of ether oxygens (including phenoxy) is 1. The fourth-order valence-corrected chi connectivity index (χ4v) is 4.98. The average molecular weight is 490 g/mol. The first-order valence-corrected chi connectivity index (χ1v) is 12.3. The highest BCUT2D eigenvalue weighted by molar-refractivity contribution is 6.30. The van der Waals surface area contributed by atoms with Gasteiger partial charge in [0.05, 0.1) is 5.52 Å². The Bertz CT molecular complexity index is 1330. The number of pyridine rings is 1. The molecule has 0 bridgehead atoms. The van der Waals surface area contributed by atoms with Crippen LogP contribution < -0.4 is 9.64 Å². The van der Waals surface area contributed by atoms with Crippen molar-refractivity contribution in [3.63, 3.8) is 0 Å². The predicted octanol–water partition coefficient (Wildman–Crippen LogP) is 6.89. The summed E-state index contributed by atoms with van der Waals surface area (Å²) >= 11 is 6.06. The van der Waals surface area contributed by atoms with Gasteiger partial charge >= 0.3 is 0 Å². The SMILES string of the molecule is Cc1nc2ccc(N3CCN(C)CC3)cc2c(-c2ccc(F)cc2)c1C(C)Oc1ccc(Cl)cc1. The van der Waals surface area contributed by atoms with Crippen molar-refractivity contribution in [3.8, 4) is 16.9 Å². The Kier molecular flexibility index (Phi) is 6.63. The van der Waals surface area contributed by atoms with Gasteiger partial charge in [0.15, 0.2) is 0 Å². The first-order valence-electron chi connectivity index (χ1n) is 11.9. The van der Waals surface area contributed by atoms with Crippen molar-refractivity contribution in [1.29, 1.82) is 0 Å². The number of hydrogen-bond donors (Lipinski definition) is 0. The fourth-order valence-electron chi connectivity index (χ4n) is 4.85. The van der Waals surface area contributed by atoms with Gasteiger partial charge in [-0.25, -0.2) is 4.39 Å². The molecule has 35 heavy (non-hydrogen) atoms. The normalized spacial score (nSPS) is 15.4. The van der Waals surface area contributed by atoms with Crippen molar-refractivity contribution in [2.24, 2.45) is 0 Å². The topological polar surface area (TPSA) is 28.6 Å². The van der Waals surface area contributed by atoms with Crippen molar-refractivity contribution in [1.82, 2.24) is 9.88 Å². The molecule has 0 aliphatic carbocycles. The summed E-state index contributed by atoms with van der Waals surface area (Å²) in [6.07, 6.45) is -0.277. The number of rotatable bonds is 5. The number of hydrogen-bond acceptors (Lipinski definition) is 4. The Hall–Kier alpha value is -3.15. The van der Waals surface area contributed by atoms with Crippen LogP contribution in [0, 0.1) is 12.7 Å². The number of aromatic nitrogens is 1. The molecule has 4 aromatic rings. The van der Waals surface area contributed by atoms with Crippen molar-refractivity contribution in [2.45, 2.75) is 20.0 Å². The van der Waals surface area contributed by atoms with E-state index in [2.05, 4.69) is 35.0 Å². The Morgan fingerprint density at radius 3 is 2.31 bits per heavy atom. The number of fused-ring (bicyclic) bond motifs is 1. The van der Waals surface area contributed by atoms with Gasteiger partial charge in [-0.2, -0.15) is 0 Å². The van der Waals surface area contributed by atoms with Crippen LogP contribution in [0.5, 0.6) is 5.75 Å². The van der Waals surface area contributed by atoms with Gasteiger partial charge in [0, 0.05) is 53.5 Å². The lowest BCUT2D eigenvalue weighted by atomic mass is 9.91. The van der Waals surface area contributed by atoms with E-state index in [4.69, 9.17) is 21.3 Å². The lowest BCUT2D eigenvalue weighted by molar-refractivity contribution is 0.226. The van der Waals surface area contributed by atoms with Crippen LogP contribution in [0.4, 0.5) is 10.1 Å². The third-order valence-corrected chi connectivity index (χ3v) is 6.98. The van der Waals surface area contributed by atoms with E-state index in [0.29, 0.717) is 5.02 Å². The highest BCUT2D eigenvalue weighted by Gasteiger charge is 2.22. The van der Waals surface area contributed by atoms with E-state index < -0.39 is 0 Å². The molecule has 1 aromatic heterocycles. The summed E-state index contributed by atoms with van der Waals surface area (Å²) in [4.78, 5) is 9.72. The zero-order valence-corrected chi connectivity index (χ0v) is 21.0. The van der Waals surface area contributed by atoms with Crippen LogP contribution in [0.3, 0.4) is 0 Å². The minimum Gasteiger partial charge on any atom is -0.486 e. The van der Waals surface area contributed by atoms with Gasteiger partial charge in [-0.3, -0.25) is 4.98 Å². The molecule has 1 aliphatic heterocycles. The maximum absolute atomic E-state index is 13.9. The lowest BCUT2D eigenvalue weighted by Crippen LogP contribution is -2.44. The summed E-state index contributed by atoms with van der Waals surface area (Å²) in [7, 11) is 2.16. The zero-order chi connectivity index (χ0) is 24.5. The molecule has 0 radical (unpaired) electrons. The van der Waals surface area contributed by atoms with Crippen LogP contribution >= 0.6 is 11.6 Å². The molecular formula is C29H29ClFN3O. The number of piperazine rings is 1. The molecular weight excluding hydrogens is 461 g/mol. The Labute approximate surface area is 210 Å². The van der Waals surface area contributed by atoms with E-state index in [9.17, 15) is 4.39 Å². The number of benzene rings is 3. The summed E-state index contributed by atoms with van der Waals surface area (Å²) in [6, 6.07) is 20.5. The molecule has 0 saturated carbocycles. The van der Waals surface area contributed by atoms with Gasteiger partial charge in [-0.1, -0.05) is 23.7 Å². The third-order valence-electron chi connectivity index (χ3n) is 6.73. The first kappa shape index (κ1) is 23.6. The molecule has 0 amide bonds. The van der Waals surface area contributed by atoms with Crippen molar-refractivity contribution < 1.29 is 9.13 Å². The molecule has 1 saturated heterocycles. The summed E-state index contributed by atoms with van der Waals surface area (Å²) in [5, 5.41) is 1.71. The Morgan fingerprint density at radius 1 is 0.943 bits per heavy atom. The van der Waals surface area contributed by atoms with Crippen LogP contribution in [-0.2, 0) is 0 Å². The number of likely N-dealkylation sites (N-methyl/N-ethyl adjacent to an activating group) is 1. The number of halogens is 2. The largest absolute Gasteiger partial charge is 0.486 e. The standard InChI is InChI=1S/C29H29ClFN3O/c1-19-28(20(2)35-25-11-6-22(30)7-12-25)29(21-4-8-23(31)9-5-21)26-18-24(10-13-27(26)32-19)34-16-14-33(3)15-17-34/h4-13,18,20H,14-17H2,1-3H3. The highest BCUT2D eigenvalue weighted by Crippen LogP contribution is 2.39. The summed E-state index contributed by atoms with van der Waals surface area (Å²) in [6.45, 7) is 8.07. The molecule has 1 fully saturated rings. The molecule has 6 heteroatoms. The van der Waals surface area contributed by atoms with E-state index in [1.54, 1.807) is 0 Å². The van der Waals surface area contributed by atoms with Gasteiger partial charge in [-0.15, -0.1) is 0 Å². The van der Waals surface area contributed by atoms with Crippen LogP contribution in [0.25, 0.3) is 22.0 Å². The van der Waals surface area contributed by atoms with E-state index in [0.717, 1.165) is 65.2 Å². The van der Waals surface area contributed by atoms with E-state index in [1.165, 1.54) is 17.8 Å². The maximum Gasteiger partial charge on any atom is 0.123 e. The number of nitrogens with zero attached hydrogens (tertiary/aromatic N) is 3. The van der Waals surface area contributed by atoms with Crippen molar-refractivity contribution in [3.05, 3.63) is 88.8 Å². The second-order valence-electron chi connectivity index (χ2n) is 9.20. The quantitative estimate of drug-likeness (QED) is 0.305. The minimum absolute atomic E-state index is 0.256. The summed E-state index contributed by atoms with van der Waals surface area (Å²) < 4.78 is 20.2. The Morgan fingerprint density at radius 2 is 1.63 bits per heavy atom. The molecule has 0 spiro atoms. The van der Waals surface area contributed by atoms with Crippen LogP contribution in [0.15, 0.2) is 66.7 Å². The van der Waals surface area contributed by atoms with Gasteiger partial charge in [-0.05, 0) is 86.6 Å². The van der Waals surface area contributed by atoms with Crippen molar-refractivity contribution in [2.75, 3.05) is 38.1 Å². The van der Waals surface area contributed by atoms with Crippen LogP contribution in [-0.4, -0.2) is 43.1 Å². The first-order chi connectivity index (χ1) is 16.9. The second-order valence-corrected chi connectivity index (χ2v) is 9.63. The summed E-state index contributed by atoms with van der Waals surface area (Å²) in [5.74, 6) is 0.478. The fraction of sp³-hybridized carbons (Fsp3) is 0.276. The molecule has 1 aliphatic rings. The highest BCUT2D eigenvalue weighted by atomic mass is 35.5. The van der Waals surface area contributed by atoms with Gasteiger partial charge in [0.1, 0.15) is 17.7 Å². The molecule has 4 nitrogen and oxygen atoms in total. The smallest absolute Gasteiger partial charge is 0.123 e. The van der Waals surface area contributed by atoms with Crippen molar-refractivity contribution >= 4 is 28.2 Å². The molecule has 5 rings (SSSR count). The van der Waals surface area contributed by atoms with E-state index in [1.807, 2.05) is 50.2 Å². The third kappa shape index (κ3) is 4.97. The minimum atomic E-state index is -0.277. The second kappa shape index (κ2) is 9.84. The van der Waals surface area contributed by atoms with Gasteiger partial charge < -0.3 is 14.5 Å². The van der Waals surface area contributed by atoms with Gasteiger partial charge in [0.25, 0.3) is 0 Å². The van der Waals surface area contributed by atoms with Crippen LogP contribution in [0.2, 0.25) is 5.02 Å². The molecule has 1 unspecified atom stereocenters. The number of aryl methyl sites for hydroxylation is 1. The molecule has 0 N–H and O–H groups in total. The Balaban J connectivity index is 1.65. The number of anilines is 1. The molecule has 3 aromatic carbocycles. The molecule has 2 heterocycles. The van der Waals surface area contributed by atoms with E-state index >= 15 is 0 Å². The molecule has 180 valence electrons. The summed E-state index contributed by atoms with van der Waals surface area (Å²) in [5.41, 5.74) is 5.96. The molecule has 1 atom stereocenters. The average Bonchev–Trinajstić information content (AvgIpc) is 2.85.